The van der Waals surface area contributed by atoms with Crippen LogP contribution in [0.3, 0.4) is 0 Å². The van der Waals surface area contributed by atoms with Gasteiger partial charge < -0.3 is 4.42 Å². The highest BCUT2D eigenvalue weighted by molar-refractivity contribution is 7.76. The molecular weight excluding hydrogens is 744 g/mol. The topological polar surface area (TPSA) is 62.5 Å². The summed E-state index contributed by atoms with van der Waals surface area (Å²) in [6.07, 6.45) is 6.19. The van der Waals surface area contributed by atoms with Crippen LogP contribution in [0.1, 0.15) is 19.5 Å². The summed E-state index contributed by atoms with van der Waals surface area (Å²) >= 11 is 0. The Morgan fingerprint density at radius 2 is 1.20 bits per heavy atom. The molecule has 0 bridgehead atoms. The smallest absolute Gasteiger partial charge is 0.301 e. The van der Waals surface area contributed by atoms with E-state index in [1.807, 2.05) is 169 Å². The van der Waals surface area contributed by atoms with Crippen molar-refractivity contribution in [1.29, 1.82) is 0 Å². The molecular formula is C52H39N4O2P. The molecule has 0 saturated carbocycles. The molecule has 2 aromatic heterocycles. The van der Waals surface area contributed by atoms with Gasteiger partial charge in [-0.3, -0.25) is 13.9 Å². The predicted molar refractivity (Wildman–Crippen MR) is 245 cm³/mol. The van der Waals surface area contributed by atoms with E-state index in [0.717, 1.165) is 89.2 Å². The third kappa shape index (κ3) is 6.17. The van der Waals surface area contributed by atoms with Crippen molar-refractivity contribution in [2.24, 2.45) is 0 Å². The SMILES string of the molecule is C/C=C\C(=C/C)c1cc(-c2cccc3oc4ccc(-c5ccc6c(c5)N(c5ccccc5)P(=O)(c5ccccc5)N6c5ccccc5)cc4c23)nc(-c2ccccc2)n1. The summed E-state index contributed by atoms with van der Waals surface area (Å²) in [6.45, 7) is 4.05. The number of benzene rings is 7. The van der Waals surface area contributed by atoms with E-state index in [9.17, 15) is 0 Å². The predicted octanol–water partition coefficient (Wildman–Crippen LogP) is 14.2. The quantitative estimate of drug-likeness (QED) is 0.113. The van der Waals surface area contributed by atoms with Crippen molar-refractivity contribution in [3.63, 3.8) is 0 Å². The van der Waals surface area contributed by atoms with E-state index in [4.69, 9.17) is 14.4 Å². The third-order valence-corrected chi connectivity index (χ3v) is 13.8. The molecule has 0 saturated heterocycles. The summed E-state index contributed by atoms with van der Waals surface area (Å²) in [5.74, 6) is 0.658. The van der Waals surface area contributed by atoms with Crippen LogP contribution in [0, 0.1) is 0 Å². The number of anilines is 4. The van der Waals surface area contributed by atoms with Gasteiger partial charge in [0.15, 0.2) is 5.82 Å². The number of allylic oxidation sites excluding steroid dienone is 4. The lowest BCUT2D eigenvalue weighted by Crippen LogP contribution is -2.26. The third-order valence-electron chi connectivity index (χ3n) is 10.9. The van der Waals surface area contributed by atoms with Crippen molar-refractivity contribution in [1.82, 2.24) is 9.97 Å². The zero-order valence-electron chi connectivity index (χ0n) is 32.6. The summed E-state index contributed by atoms with van der Waals surface area (Å²) in [5.41, 5.74) is 11.6. The second kappa shape index (κ2) is 14.9. The molecule has 6 nitrogen and oxygen atoms in total. The van der Waals surface area contributed by atoms with Gasteiger partial charge in [-0.15, -0.1) is 0 Å². The van der Waals surface area contributed by atoms with Gasteiger partial charge in [-0.25, -0.2) is 9.97 Å². The second-order valence-electron chi connectivity index (χ2n) is 14.4. The van der Waals surface area contributed by atoms with Crippen molar-refractivity contribution >= 4 is 63.0 Å². The first-order valence-corrected chi connectivity index (χ1v) is 21.4. The molecule has 0 aliphatic carbocycles. The lowest BCUT2D eigenvalue weighted by atomic mass is 9.98. The number of furan rings is 1. The number of hydrogen-bond donors (Lipinski definition) is 0. The Hall–Kier alpha value is -7.27. The fourth-order valence-corrected chi connectivity index (χ4v) is 11.2. The van der Waals surface area contributed by atoms with Crippen LogP contribution in [0.5, 0.6) is 0 Å². The highest BCUT2D eigenvalue weighted by atomic mass is 31.2. The first-order valence-electron chi connectivity index (χ1n) is 19.8. The first-order chi connectivity index (χ1) is 29.0. The van der Waals surface area contributed by atoms with Crippen molar-refractivity contribution in [3.8, 4) is 33.8 Å². The molecule has 59 heavy (non-hydrogen) atoms. The van der Waals surface area contributed by atoms with E-state index in [-0.39, 0.29) is 0 Å². The van der Waals surface area contributed by atoms with Gasteiger partial charge in [-0.2, -0.15) is 0 Å². The largest absolute Gasteiger partial charge is 0.456 e. The molecule has 1 aliphatic rings. The lowest BCUT2D eigenvalue weighted by molar-refractivity contribution is 0.582. The van der Waals surface area contributed by atoms with Crippen molar-refractivity contribution in [2.45, 2.75) is 13.8 Å². The Kier molecular flexibility index (Phi) is 9.12. The molecule has 0 fully saturated rings. The fraction of sp³-hybridized carbons (Fsp3) is 0.0385. The minimum atomic E-state index is -3.50. The second-order valence-corrected chi connectivity index (χ2v) is 16.8. The van der Waals surface area contributed by atoms with Crippen molar-refractivity contribution in [2.75, 3.05) is 9.34 Å². The van der Waals surface area contributed by atoms with Gasteiger partial charge >= 0.3 is 7.44 Å². The summed E-state index contributed by atoms with van der Waals surface area (Å²) < 4.78 is 26.7. The monoisotopic (exact) mass is 782 g/mol. The van der Waals surface area contributed by atoms with Crippen molar-refractivity contribution in [3.05, 3.63) is 206 Å². The highest BCUT2D eigenvalue weighted by Gasteiger charge is 2.49. The summed E-state index contributed by atoms with van der Waals surface area (Å²) in [4.78, 5) is 10.2. The van der Waals surface area contributed by atoms with E-state index >= 15 is 4.57 Å². The van der Waals surface area contributed by atoms with Crippen LogP contribution < -0.4 is 14.6 Å². The Morgan fingerprint density at radius 3 is 1.88 bits per heavy atom. The van der Waals surface area contributed by atoms with E-state index in [0.29, 0.717) is 5.82 Å². The Labute approximate surface area is 343 Å². The van der Waals surface area contributed by atoms with Crippen LogP contribution in [0.2, 0.25) is 0 Å². The maximum absolute atomic E-state index is 16.1. The molecule has 7 aromatic carbocycles. The van der Waals surface area contributed by atoms with Crippen LogP contribution in [-0.2, 0) is 4.57 Å². The molecule has 1 unspecified atom stereocenters. The van der Waals surface area contributed by atoms with Gasteiger partial charge in [0.25, 0.3) is 0 Å². The molecule has 284 valence electrons. The maximum atomic E-state index is 16.1. The molecule has 3 heterocycles. The number of fused-ring (bicyclic) bond motifs is 4. The van der Waals surface area contributed by atoms with E-state index in [2.05, 4.69) is 54.6 Å². The van der Waals surface area contributed by atoms with Gasteiger partial charge in [0.2, 0.25) is 0 Å². The maximum Gasteiger partial charge on any atom is 0.301 e. The molecule has 1 aliphatic heterocycles. The van der Waals surface area contributed by atoms with Crippen LogP contribution in [0.4, 0.5) is 22.7 Å². The molecule has 0 N–H and O–H groups in total. The van der Waals surface area contributed by atoms with Gasteiger partial charge in [0, 0.05) is 33.3 Å². The highest BCUT2D eigenvalue weighted by Crippen LogP contribution is 2.70. The standard InChI is InChI=1S/C52H39N4O2P/c1-3-18-36(4-2)45-35-46(54-52(53-45)37-19-9-5-10-20-37)43-27-17-28-50-51(43)44-33-38(30-32-49(44)58-50)39-29-31-47-48(34-39)56(41-23-13-7-14-24-41)59(57,42-25-15-8-16-26-42)55(47)40-21-11-6-12-22-40/h3-35H,1-2H3/b18-3-,36-4+. The zero-order valence-corrected chi connectivity index (χ0v) is 33.5. The van der Waals surface area contributed by atoms with Gasteiger partial charge in [0.05, 0.1) is 28.1 Å². The van der Waals surface area contributed by atoms with Gasteiger partial charge in [-0.1, -0.05) is 127 Å². The summed E-state index contributed by atoms with van der Waals surface area (Å²) in [7, 11) is -3.50. The average Bonchev–Trinajstić information content (AvgIpc) is 3.81. The van der Waals surface area contributed by atoms with Crippen LogP contribution in [-0.4, -0.2) is 9.97 Å². The Balaban J connectivity index is 1.16. The van der Waals surface area contributed by atoms with Gasteiger partial charge in [0.1, 0.15) is 11.2 Å². The Bertz CT molecular complexity index is 3110. The van der Waals surface area contributed by atoms with Crippen LogP contribution in [0.15, 0.2) is 205 Å². The van der Waals surface area contributed by atoms with E-state index in [1.165, 1.54) is 0 Å². The summed E-state index contributed by atoms with van der Waals surface area (Å²) in [5, 5.41) is 2.72. The molecule has 1 atom stereocenters. The fourth-order valence-electron chi connectivity index (χ4n) is 8.19. The van der Waals surface area contributed by atoms with E-state index in [1.54, 1.807) is 0 Å². The van der Waals surface area contributed by atoms with E-state index < -0.39 is 7.44 Å². The average molecular weight is 783 g/mol. The van der Waals surface area contributed by atoms with Gasteiger partial charge in [-0.05, 0) is 103 Å². The Morgan fingerprint density at radius 1 is 0.576 bits per heavy atom. The zero-order chi connectivity index (χ0) is 39.9. The number of nitrogens with zero attached hydrogens (tertiary/aromatic N) is 4. The normalized spacial score (nSPS) is 15.4. The molecule has 0 spiro atoms. The first kappa shape index (κ1) is 36.1. The molecule has 9 aromatic rings. The van der Waals surface area contributed by atoms with Crippen molar-refractivity contribution < 1.29 is 8.98 Å². The minimum absolute atomic E-state index is 0.658. The summed E-state index contributed by atoms with van der Waals surface area (Å²) in [6, 6.07) is 61.0. The molecule has 0 radical (unpaired) electrons. The molecule has 10 rings (SSSR count). The minimum Gasteiger partial charge on any atom is -0.456 e. The number of hydrogen-bond acceptors (Lipinski definition) is 4. The number of aromatic nitrogens is 2. The molecule has 7 heteroatoms. The number of para-hydroxylation sites is 2. The molecule has 0 amide bonds. The lowest BCUT2D eigenvalue weighted by Gasteiger charge is -2.33. The van der Waals surface area contributed by atoms with Crippen LogP contribution in [0.25, 0.3) is 61.3 Å². The van der Waals surface area contributed by atoms with Crippen LogP contribution >= 0.6 is 7.44 Å². The number of rotatable bonds is 8.